The zero-order chi connectivity index (χ0) is 8.74. The standard InChI is InChI=1S/C6H16O3SSi/c1-4-7-11(10,8-5-2)9-6-3/h10H,4-6H2,1-3H3. The van der Waals surface area contributed by atoms with Crippen molar-refractivity contribution in [3.63, 3.8) is 0 Å². The Morgan fingerprint density at radius 3 is 1.36 bits per heavy atom. The molecule has 0 saturated carbocycles. The SMILES string of the molecule is CCO[Si](S)(OCC)OCC. The van der Waals surface area contributed by atoms with E-state index in [0.717, 1.165) is 0 Å². The molecule has 0 heterocycles. The van der Waals surface area contributed by atoms with Gasteiger partial charge in [0.2, 0.25) is 0 Å². The molecule has 0 unspecified atom stereocenters. The molecule has 0 aromatic rings. The fourth-order valence-electron chi connectivity index (χ4n) is 0.672. The smallest absolute Gasteiger partial charge is 0.366 e. The molecule has 0 aromatic heterocycles. The van der Waals surface area contributed by atoms with Crippen LogP contribution < -0.4 is 0 Å². The predicted octanol–water partition coefficient (Wildman–Crippen LogP) is 1.46. The van der Waals surface area contributed by atoms with E-state index in [9.17, 15) is 0 Å². The van der Waals surface area contributed by atoms with Crippen molar-refractivity contribution >= 4 is 20.0 Å². The van der Waals surface area contributed by atoms with E-state index < -0.39 is 7.95 Å². The van der Waals surface area contributed by atoms with Crippen molar-refractivity contribution in [2.24, 2.45) is 0 Å². The molecule has 0 bridgehead atoms. The molecule has 5 heteroatoms. The fraction of sp³-hybridized carbons (Fsp3) is 1.00. The fourth-order valence-corrected chi connectivity index (χ4v) is 3.18. The molecule has 0 amide bonds. The summed E-state index contributed by atoms with van der Waals surface area (Å²) in [5, 5.41) is 0. The third-order valence-electron chi connectivity index (χ3n) is 0.980. The first-order valence-electron chi connectivity index (χ1n) is 3.82. The van der Waals surface area contributed by atoms with Gasteiger partial charge in [0.1, 0.15) is 0 Å². The zero-order valence-corrected chi connectivity index (χ0v) is 9.19. The second-order valence-corrected chi connectivity index (χ2v) is 5.38. The molecular formula is C6H16O3SSi. The lowest BCUT2D eigenvalue weighted by Gasteiger charge is -2.22. The van der Waals surface area contributed by atoms with Gasteiger partial charge in [0, 0.05) is 19.8 Å². The first kappa shape index (κ1) is 11.4. The molecule has 11 heavy (non-hydrogen) atoms. The van der Waals surface area contributed by atoms with Crippen LogP contribution in [-0.4, -0.2) is 27.8 Å². The number of thiol groups is 1. The van der Waals surface area contributed by atoms with Gasteiger partial charge in [-0.15, -0.1) is 12.1 Å². The van der Waals surface area contributed by atoms with Crippen molar-refractivity contribution < 1.29 is 13.3 Å². The summed E-state index contributed by atoms with van der Waals surface area (Å²) < 4.78 is 15.8. The largest absolute Gasteiger partial charge is 0.570 e. The molecule has 0 fully saturated rings. The average Bonchev–Trinajstić information content (AvgIpc) is 1.88. The topological polar surface area (TPSA) is 27.7 Å². The molecule has 68 valence electrons. The summed E-state index contributed by atoms with van der Waals surface area (Å²) in [5.74, 6) is 0. The van der Waals surface area contributed by atoms with Gasteiger partial charge >= 0.3 is 7.95 Å². The summed E-state index contributed by atoms with van der Waals surface area (Å²) >= 11 is 4.23. The maximum Gasteiger partial charge on any atom is 0.570 e. The number of hydrogen-bond donors (Lipinski definition) is 1. The van der Waals surface area contributed by atoms with Gasteiger partial charge in [-0.3, -0.25) is 0 Å². The Kier molecular flexibility index (Phi) is 6.26. The van der Waals surface area contributed by atoms with Crippen molar-refractivity contribution in [2.75, 3.05) is 19.8 Å². The van der Waals surface area contributed by atoms with Crippen molar-refractivity contribution in [1.82, 2.24) is 0 Å². The highest BCUT2D eigenvalue weighted by Crippen LogP contribution is 2.13. The van der Waals surface area contributed by atoms with Crippen molar-refractivity contribution in [2.45, 2.75) is 20.8 Å². The molecule has 0 spiro atoms. The van der Waals surface area contributed by atoms with Gasteiger partial charge in [-0.05, 0) is 20.8 Å². The van der Waals surface area contributed by atoms with Gasteiger partial charge in [-0.25, -0.2) is 0 Å². The van der Waals surface area contributed by atoms with Crippen molar-refractivity contribution in [1.29, 1.82) is 0 Å². The van der Waals surface area contributed by atoms with E-state index >= 15 is 0 Å². The van der Waals surface area contributed by atoms with E-state index in [1.54, 1.807) is 0 Å². The predicted molar refractivity (Wildman–Crippen MR) is 49.6 cm³/mol. The molecular weight excluding hydrogens is 180 g/mol. The van der Waals surface area contributed by atoms with Crippen LogP contribution in [0.1, 0.15) is 20.8 Å². The van der Waals surface area contributed by atoms with Crippen LogP contribution in [0.15, 0.2) is 0 Å². The minimum absolute atomic E-state index is 0.579. The van der Waals surface area contributed by atoms with Gasteiger partial charge in [0.05, 0.1) is 0 Å². The highest BCUT2D eigenvalue weighted by molar-refractivity contribution is 8.11. The third-order valence-corrected chi connectivity index (χ3v) is 4.10. The van der Waals surface area contributed by atoms with Crippen LogP contribution in [0.2, 0.25) is 0 Å². The van der Waals surface area contributed by atoms with Gasteiger partial charge in [0.25, 0.3) is 0 Å². The quantitative estimate of drug-likeness (QED) is 0.515. The number of rotatable bonds is 6. The molecule has 0 radical (unpaired) electrons. The Labute approximate surface area is 74.5 Å². The lowest BCUT2D eigenvalue weighted by molar-refractivity contribution is 0.0973. The molecule has 0 N–H and O–H groups in total. The lowest BCUT2D eigenvalue weighted by Crippen LogP contribution is -2.40. The van der Waals surface area contributed by atoms with Crippen LogP contribution in [-0.2, 0) is 13.3 Å². The molecule has 0 aliphatic heterocycles. The van der Waals surface area contributed by atoms with Gasteiger partial charge in [-0.1, -0.05) is 0 Å². The minimum Gasteiger partial charge on any atom is -0.366 e. The molecule has 0 saturated heterocycles. The molecule has 0 rings (SSSR count). The van der Waals surface area contributed by atoms with Gasteiger partial charge < -0.3 is 13.3 Å². The van der Waals surface area contributed by atoms with Crippen LogP contribution in [0.3, 0.4) is 0 Å². The summed E-state index contributed by atoms with van der Waals surface area (Å²) in [6.45, 7) is 7.43. The lowest BCUT2D eigenvalue weighted by atomic mass is 10.9. The van der Waals surface area contributed by atoms with Crippen LogP contribution in [0.5, 0.6) is 0 Å². The Bertz CT molecular complexity index is 84.8. The van der Waals surface area contributed by atoms with Gasteiger partial charge in [-0.2, -0.15) is 0 Å². The van der Waals surface area contributed by atoms with Crippen LogP contribution in [0, 0.1) is 0 Å². The summed E-state index contributed by atoms with van der Waals surface area (Å²) in [5.41, 5.74) is 0. The molecule has 0 aliphatic rings. The van der Waals surface area contributed by atoms with Crippen molar-refractivity contribution in [3.05, 3.63) is 0 Å². The average molecular weight is 196 g/mol. The second-order valence-electron chi connectivity index (χ2n) is 1.82. The monoisotopic (exact) mass is 196 g/mol. The van der Waals surface area contributed by atoms with Crippen LogP contribution >= 0.6 is 12.1 Å². The Hall–Kier alpha value is 0.447. The maximum absolute atomic E-state index is 5.27. The zero-order valence-electron chi connectivity index (χ0n) is 7.29. The Morgan fingerprint density at radius 1 is 0.909 bits per heavy atom. The molecule has 0 aliphatic carbocycles. The normalized spacial score (nSPS) is 12.0. The highest BCUT2D eigenvalue weighted by Gasteiger charge is 2.35. The molecule has 0 atom stereocenters. The van der Waals surface area contributed by atoms with E-state index in [0.29, 0.717) is 19.8 Å². The van der Waals surface area contributed by atoms with Crippen LogP contribution in [0.25, 0.3) is 0 Å². The minimum atomic E-state index is -2.55. The third kappa shape index (κ3) is 4.81. The first-order valence-corrected chi connectivity index (χ1v) is 6.84. The highest BCUT2D eigenvalue weighted by atomic mass is 32.3. The van der Waals surface area contributed by atoms with E-state index in [1.807, 2.05) is 20.8 Å². The summed E-state index contributed by atoms with van der Waals surface area (Å²) in [6, 6.07) is 0. The van der Waals surface area contributed by atoms with E-state index in [1.165, 1.54) is 0 Å². The number of hydrogen-bond acceptors (Lipinski definition) is 4. The molecule has 3 nitrogen and oxygen atoms in total. The Morgan fingerprint density at radius 2 is 1.18 bits per heavy atom. The van der Waals surface area contributed by atoms with Crippen molar-refractivity contribution in [3.8, 4) is 0 Å². The first-order chi connectivity index (χ1) is 5.18. The molecule has 0 aromatic carbocycles. The van der Waals surface area contributed by atoms with E-state index in [2.05, 4.69) is 12.1 Å². The summed E-state index contributed by atoms with van der Waals surface area (Å²) in [4.78, 5) is 0. The Balaban J connectivity index is 3.79. The van der Waals surface area contributed by atoms with Gasteiger partial charge in [0.15, 0.2) is 0 Å². The van der Waals surface area contributed by atoms with E-state index in [-0.39, 0.29) is 0 Å². The van der Waals surface area contributed by atoms with E-state index in [4.69, 9.17) is 13.3 Å². The summed E-state index contributed by atoms with van der Waals surface area (Å²) in [7, 11) is -2.55. The second kappa shape index (κ2) is 6.02. The van der Waals surface area contributed by atoms with Crippen LogP contribution in [0.4, 0.5) is 0 Å². The summed E-state index contributed by atoms with van der Waals surface area (Å²) in [6.07, 6.45) is 0. The maximum atomic E-state index is 5.27.